The highest BCUT2D eigenvalue weighted by molar-refractivity contribution is 6.54. The van der Waals surface area contributed by atoms with Crippen molar-refractivity contribution < 1.29 is 19.5 Å². The first-order chi connectivity index (χ1) is 11.2. The molecule has 0 saturated heterocycles. The number of para-hydroxylation sites is 1. The molecule has 0 radical (unpaired) electrons. The van der Waals surface area contributed by atoms with Gasteiger partial charge in [0.25, 0.3) is 0 Å². The summed E-state index contributed by atoms with van der Waals surface area (Å²) in [7, 11) is -0.955. The molecule has 0 fully saturated rings. The summed E-state index contributed by atoms with van der Waals surface area (Å²) in [6, 6.07) is 7.56. The van der Waals surface area contributed by atoms with Crippen LogP contribution in [0.2, 0.25) is 0 Å². The maximum atomic E-state index is 10.3. The topological polar surface area (TPSA) is 58.9 Å². The van der Waals surface area contributed by atoms with Crippen molar-refractivity contribution in [2.75, 3.05) is 13.2 Å². The van der Waals surface area contributed by atoms with E-state index in [2.05, 4.69) is 13.5 Å². The molecule has 0 spiro atoms. The Labute approximate surface area is 138 Å². The molecular formula is C18H25BO4. The SMILES string of the molecule is C=C(CCCC)C1=CC[C@H](c2ccccc2OCCO)OB1O. The van der Waals surface area contributed by atoms with Gasteiger partial charge in [0.05, 0.1) is 12.7 Å². The predicted octanol–water partition coefficient (Wildman–Crippen LogP) is 3.21. The molecule has 1 heterocycles. The number of ether oxygens (including phenoxy) is 1. The minimum Gasteiger partial charge on any atom is -0.491 e. The molecule has 1 aromatic carbocycles. The van der Waals surface area contributed by atoms with Crippen LogP contribution >= 0.6 is 0 Å². The molecule has 0 aromatic heterocycles. The number of allylic oxidation sites excluding steroid dienone is 2. The summed E-state index contributed by atoms with van der Waals surface area (Å²) in [5.41, 5.74) is 2.63. The van der Waals surface area contributed by atoms with Gasteiger partial charge in [-0.3, -0.25) is 0 Å². The minimum absolute atomic E-state index is 0.0379. The third-order valence-electron chi connectivity index (χ3n) is 3.97. The number of benzene rings is 1. The fourth-order valence-corrected chi connectivity index (χ4v) is 2.71. The fourth-order valence-electron chi connectivity index (χ4n) is 2.71. The second-order valence-corrected chi connectivity index (χ2v) is 5.69. The Kier molecular flexibility index (Phi) is 6.90. The van der Waals surface area contributed by atoms with Crippen molar-refractivity contribution in [3.63, 3.8) is 0 Å². The van der Waals surface area contributed by atoms with Gasteiger partial charge in [-0.05, 0) is 30.8 Å². The molecule has 1 aromatic rings. The first-order valence-corrected chi connectivity index (χ1v) is 8.21. The third-order valence-corrected chi connectivity index (χ3v) is 3.97. The Balaban J connectivity index is 2.10. The van der Waals surface area contributed by atoms with Crippen molar-refractivity contribution in [1.29, 1.82) is 0 Å². The van der Waals surface area contributed by atoms with Gasteiger partial charge in [0.15, 0.2) is 0 Å². The Bertz CT molecular complexity index is 556. The van der Waals surface area contributed by atoms with Gasteiger partial charge in [-0.1, -0.05) is 49.8 Å². The van der Waals surface area contributed by atoms with Crippen molar-refractivity contribution >= 4 is 7.12 Å². The maximum Gasteiger partial charge on any atom is 0.491 e. The fraction of sp³-hybridized carbons (Fsp3) is 0.444. The zero-order valence-corrected chi connectivity index (χ0v) is 13.7. The van der Waals surface area contributed by atoms with Crippen LogP contribution in [0.5, 0.6) is 5.75 Å². The lowest BCUT2D eigenvalue weighted by molar-refractivity contribution is 0.157. The third kappa shape index (κ3) is 4.71. The second kappa shape index (κ2) is 8.92. The summed E-state index contributed by atoms with van der Waals surface area (Å²) in [5.74, 6) is 0.681. The van der Waals surface area contributed by atoms with Crippen molar-refractivity contribution in [2.45, 2.75) is 38.7 Å². The lowest BCUT2D eigenvalue weighted by Crippen LogP contribution is -2.29. The van der Waals surface area contributed by atoms with E-state index in [1.807, 2.05) is 30.3 Å². The van der Waals surface area contributed by atoms with Crippen LogP contribution < -0.4 is 4.74 Å². The molecule has 124 valence electrons. The molecule has 0 bridgehead atoms. The van der Waals surface area contributed by atoms with Gasteiger partial charge in [0, 0.05) is 5.56 Å². The van der Waals surface area contributed by atoms with E-state index < -0.39 is 7.12 Å². The lowest BCUT2D eigenvalue weighted by atomic mass is 9.70. The molecule has 0 aliphatic carbocycles. The van der Waals surface area contributed by atoms with Crippen LogP contribution in [0, 0.1) is 0 Å². The van der Waals surface area contributed by atoms with E-state index in [0.29, 0.717) is 12.2 Å². The van der Waals surface area contributed by atoms with Crippen LogP contribution in [0.15, 0.2) is 48.0 Å². The molecule has 0 unspecified atom stereocenters. The molecule has 2 rings (SSSR count). The smallest absolute Gasteiger partial charge is 0.491 e. The summed E-state index contributed by atoms with van der Waals surface area (Å²) in [6.45, 7) is 6.39. The molecule has 1 atom stereocenters. The number of unbranched alkanes of at least 4 members (excludes halogenated alkanes) is 1. The van der Waals surface area contributed by atoms with Gasteiger partial charge in [-0.25, -0.2) is 0 Å². The van der Waals surface area contributed by atoms with Gasteiger partial charge in [0.1, 0.15) is 12.4 Å². The molecular weight excluding hydrogens is 291 g/mol. The van der Waals surface area contributed by atoms with E-state index in [-0.39, 0.29) is 19.3 Å². The molecule has 1 aliphatic heterocycles. The van der Waals surface area contributed by atoms with Crippen LogP contribution in [-0.2, 0) is 4.65 Å². The first kappa shape index (κ1) is 17.8. The quantitative estimate of drug-likeness (QED) is 0.723. The highest BCUT2D eigenvalue weighted by Gasteiger charge is 2.31. The molecule has 1 aliphatic rings. The van der Waals surface area contributed by atoms with Crippen LogP contribution in [0.25, 0.3) is 0 Å². The Morgan fingerprint density at radius 2 is 2.22 bits per heavy atom. The van der Waals surface area contributed by atoms with Crippen molar-refractivity contribution in [2.24, 2.45) is 0 Å². The first-order valence-electron chi connectivity index (χ1n) is 8.21. The maximum absolute atomic E-state index is 10.3. The Hall–Kier alpha value is -1.56. The van der Waals surface area contributed by atoms with E-state index >= 15 is 0 Å². The molecule has 23 heavy (non-hydrogen) atoms. The minimum atomic E-state index is -0.955. The Morgan fingerprint density at radius 1 is 1.43 bits per heavy atom. The van der Waals surface area contributed by atoms with Crippen molar-refractivity contribution in [3.8, 4) is 5.75 Å². The lowest BCUT2D eigenvalue weighted by Gasteiger charge is -2.27. The molecule has 5 heteroatoms. The largest absolute Gasteiger partial charge is 0.491 e. The van der Waals surface area contributed by atoms with E-state index in [0.717, 1.165) is 35.9 Å². The van der Waals surface area contributed by atoms with E-state index in [9.17, 15) is 5.02 Å². The molecule has 4 nitrogen and oxygen atoms in total. The van der Waals surface area contributed by atoms with E-state index in [4.69, 9.17) is 14.5 Å². The Morgan fingerprint density at radius 3 is 2.91 bits per heavy atom. The average Bonchev–Trinajstić information content (AvgIpc) is 2.58. The normalized spacial score (nSPS) is 17.8. The zero-order chi connectivity index (χ0) is 16.7. The number of rotatable bonds is 8. The van der Waals surface area contributed by atoms with E-state index in [1.54, 1.807) is 0 Å². The van der Waals surface area contributed by atoms with E-state index in [1.165, 1.54) is 0 Å². The van der Waals surface area contributed by atoms with Crippen molar-refractivity contribution in [3.05, 3.63) is 53.5 Å². The summed E-state index contributed by atoms with van der Waals surface area (Å²) in [4.78, 5) is 0. The summed E-state index contributed by atoms with van der Waals surface area (Å²) < 4.78 is 11.3. The van der Waals surface area contributed by atoms with Crippen LogP contribution in [0.4, 0.5) is 0 Å². The zero-order valence-electron chi connectivity index (χ0n) is 13.7. The van der Waals surface area contributed by atoms with Crippen LogP contribution in [-0.4, -0.2) is 30.5 Å². The monoisotopic (exact) mass is 316 g/mol. The highest BCUT2D eigenvalue weighted by Crippen LogP contribution is 2.35. The number of hydrogen-bond acceptors (Lipinski definition) is 4. The summed E-state index contributed by atoms with van der Waals surface area (Å²) in [5, 5.41) is 19.2. The molecule has 2 N–H and O–H groups in total. The summed E-state index contributed by atoms with van der Waals surface area (Å²) in [6.07, 6.45) is 5.45. The van der Waals surface area contributed by atoms with Crippen LogP contribution in [0.3, 0.4) is 0 Å². The van der Waals surface area contributed by atoms with Gasteiger partial charge < -0.3 is 19.5 Å². The van der Waals surface area contributed by atoms with Crippen molar-refractivity contribution in [1.82, 2.24) is 0 Å². The van der Waals surface area contributed by atoms with Gasteiger partial charge in [0.2, 0.25) is 0 Å². The number of aliphatic hydroxyl groups is 1. The molecule has 0 amide bonds. The number of hydrogen-bond donors (Lipinski definition) is 2. The molecule has 0 saturated carbocycles. The number of aliphatic hydroxyl groups excluding tert-OH is 1. The average molecular weight is 316 g/mol. The summed E-state index contributed by atoms with van der Waals surface area (Å²) >= 11 is 0. The second-order valence-electron chi connectivity index (χ2n) is 5.69. The van der Waals surface area contributed by atoms with Gasteiger partial charge >= 0.3 is 7.12 Å². The van der Waals surface area contributed by atoms with Gasteiger partial charge in [-0.2, -0.15) is 0 Å². The van der Waals surface area contributed by atoms with Gasteiger partial charge in [-0.15, -0.1) is 0 Å². The predicted molar refractivity (Wildman–Crippen MR) is 92.2 cm³/mol. The van der Waals surface area contributed by atoms with Crippen LogP contribution in [0.1, 0.15) is 44.3 Å². The highest BCUT2D eigenvalue weighted by atomic mass is 16.5. The standard InChI is InChI=1S/C18H25BO4/c1-3-4-7-14(2)16-10-11-18(23-19(16)21)15-8-5-6-9-17(15)22-13-12-20/h5-6,8-10,18,20-21H,2-4,7,11-13H2,1H3/t18-/m1/s1.